The summed E-state index contributed by atoms with van der Waals surface area (Å²) in [5.74, 6) is 1.62. The van der Waals surface area contributed by atoms with E-state index in [1.165, 1.54) is 6.33 Å². The third-order valence-corrected chi connectivity index (χ3v) is 5.78. The van der Waals surface area contributed by atoms with Crippen LogP contribution in [0.3, 0.4) is 0 Å². The molecular weight excluding hydrogens is 326 g/mol. The predicted octanol–water partition coefficient (Wildman–Crippen LogP) is 1.72. The van der Waals surface area contributed by atoms with Gasteiger partial charge in [0, 0.05) is 24.8 Å². The molecule has 24 heavy (non-hydrogen) atoms. The summed E-state index contributed by atoms with van der Waals surface area (Å²) in [5.41, 5.74) is 1.31. The third kappa shape index (κ3) is 3.63. The number of benzene rings is 1. The fourth-order valence-corrected chi connectivity index (χ4v) is 4.46. The molecule has 2 heterocycles. The number of anilines is 3. The van der Waals surface area contributed by atoms with Crippen LogP contribution in [0.5, 0.6) is 0 Å². The number of aromatic nitrogens is 2. The third-order valence-electron chi connectivity index (χ3n) is 4.03. The van der Waals surface area contributed by atoms with Crippen molar-refractivity contribution in [2.45, 2.75) is 12.5 Å². The van der Waals surface area contributed by atoms with E-state index in [0.29, 0.717) is 23.6 Å². The lowest BCUT2D eigenvalue weighted by atomic mass is 10.2. The van der Waals surface area contributed by atoms with Gasteiger partial charge in [0.05, 0.1) is 23.1 Å². The van der Waals surface area contributed by atoms with Crippen molar-refractivity contribution in [1.82, 2.24) is 9.97 Å². The van der Waals surface area contributed by atoms with E-state index in [4.69, 9.17) is 5.26 Å². The molecule has 0 spiro atoms. The molecule has 1 aromatic carbocycles. The SMILES string of the molecule is CN(c1cc(Nc2cccc(C#N)c2)ncn1)C1CCS(=O)(=O)C1. The first-order valence-corrected chi connectivity index (χ1v) is 9.31. The van der Waals surface area contributed by atoms with Crippen molar-refractivity contribution >= 4 is 27.2 Å². The Morgan fingerprint density at radius 3 is 2.88 bits per heavy atom. The van der Waals surface area contributed by atoms with E-state index in [1.807, 2.05) is 18.0 Å². The van der Waals surface area contributed by atoms with E-state index in [-0.39, 0.29) is 17.5 Å². The van der Waals surface area contributed by atoms with Crippen LogP contribution in [-0.2, 0) is 9.84 Å². The molecule has 7 nitrogen and oxygen atoms in total. The van der Waals surface area contributed by atoms with Gasteiger partial charge in [-0.15, -0.1) is 0 Å². The Morgan fingerprint density at radius 2 is 2.17 bits per heavy atom. The molecule has 124 valence electrons. The molecule has 8 heteroatoms. The fourth-order valence-electron chi connectivity index (χ4n) is 2.69. The molecule has 1 aliphatic rings. The monoisotopic (exact) mass is 343 g/mol. The second kappa shape index (κ2) is 6.45. The Balaban J connectivity index is 1.78. The lowest BCUT2D eigenvalue weighted by molar-refractivity contribution is 0.600. The molecule has 0 amide bonds. The molecule has 0 saturated carbocycles. The van der Waals surface area contributed by atoms with Gasteiger partial charge in [-0.2, -0.15) is 5.26 Å². The summed E-state index contributed by atoms with van der Waals surface area (Å²) in [6.07, 6.45) is 2.04. The first kappa shape index (κ1) is 16.2. The van der Waals surface area contributed by atoms with Gasteiger partial charge < -0.3 is 10.2 Å². The Labute approximate surface area is 140 Å². The maximum atomic E-state index is 11.6. The van der Waals surface area contributed by atoms with Gasteiger partial charge in [-0.1, -0.05) is 6.07 Å². The fraction of sp³-hybridized carbons (Fsp3) is 0.312. The molecule has 1 aromatic heterocycles. The van der Waals surface area contributed by atoms with Crippen molar-refractivity contribution in [3.63, 3.8) is 0 Å². The number of hydrogen-bond donors (Lipinski definition) is 1. The number of rotatable bonds is 4. The summed E-state index contributed by atoms with van der Waals surface area (Å²) in [6.45, 7) is 0. The average molecular weight is 343 g/mol. The molecule has 1 unspecified atom stereocenters. The minimum Gasteiger partial charge on any atom is -0.355 e. The summed E-state index contributed by atoms with van der Waals surface area (Å²) in [5, 5.41) is 12.1. The van der Waals surface area contributed by atoms with Gasteiger partial charge in [0.15, 0.2) is 9.84 Å². The second-order valence-electron chi connectivity index (χ2n) is 5.75. The molecule has 0 radical (unpaired) electrons. The van der Waals surface area contributed by atoms with Gasteiger partial charge >= 0.3 is 0 Å². The minimum atomic E-state index is -2.95. The van der Waals surface area contributed by atoms with Crippen LogP contribution in [0.2, 0.25) is 0 Å². The quantitative estimate of drug-likeness (QED) is 0.902. The van der Waals surface area contributed by atoms with Crippen LogP contribution in [0, 0.1) is 11.3 Å². The van der Waals surface area contributed by atoms with Crippen LogP contribution < -0.4 is 10.2 Å². The van der Waals surface area contributed by atoms with Gasteiger partial charge in [-0.25, -0.2) is 18.4 Å². The van der Waals surface area contributed by atoms with E-state index in [2.05, 4.69) is 21.4 Å². The normalized spacial score (nSPS) is 18.8. The Morgan fingerprint density at radius 1 is 1.33 bits per heavy atom. The maximum Gasteiger partial charge on any atom is 0.152 e. The molecule has 2 aromatic rings. The highest BCUT2D eigenvalue weighted by atomic mass is 32.2. The molecule has 0 aliphatic carbocycles. The molecular formula is C16H17N5O2S. The van der Waals surface area contributed by atoms with Crippen LogP contribution in [-0.4, -0.2) is 43.0 Å². The van der Waals surface area contributed by atoms with Crippen molar-refractivity contribution in [3.05, 3.63) is 42.2 Å². The zero-order valence-corrected chi connectivity index (χ0v) is 14.0. The molecule has 3 rings (SSSR count). The van der Waals surface area contributed by atoms with Gasteiger partial charge in [0.2, 0.25) is 0 Å². The van der Waals surface area contributed by atoms with E-state index in [0.717, 1.165) is 5.69 Å². The van der Waals surface area contributed by atoms with E-state index >= 15 is 0 Å². The van der Waals surface area contributed by atoms with Crippen molar-refractivity contribution in [2.24, 2.45) is 0 Å². The maximum absolute atomic E-state index is 11.6. The summed E-state index contributed by atoms with van der Waals surface area (Å²) < 4.78 is 23.3. The van der Waals surface area contributed by atoms with E-state index in [9.17, 15) is 8.42 Å². The zero-order chi connectivity index (χ0) is 17.2. The van der Waals surface area contributed by atoms with E-state index in [1.54, 1.807) is 24.3 Å². The lowest BCUT2D eigenvalue weighted by Gasteiger charge is -2.24. The predicted molar refractivity (Wildman–Crippen MR) is 91.9 cm³/mol. The number of nitrogens with one attached hydrogen (secondary N) is 1. The molecule has 1 saturated heterocycles. The highest BCUT2D eigenvalue weighted by Crippen LogP contribution is 2.23. The van der Waals surface area contributed by atoms with Crippen LogP contribution in [0.25, 0.3) is 0 Å². The highest BCUT2D eigenvalue weighted by Gasteiger charge is 2.31. The summed E-state index contributed by atoms with van der Waals surface area (Å²) in [6, 6.07) is 10.9. The van der Waals surface area contributed by atoms with Gasteiger partial charge in [0.1, 0.15) is 18.0 Å². The number of nitrogens with zero attached hydrogens (tertiary/aromatic N) is 4. The van der Waals surface area contributed by atoms with Gasteiger partial charge in [-0.3, -0.25) is 0 Å². The first-order valence-electron chi connectivity index (χ1n) is 7.49. The van der Waals surface area contributed by atoms with Crippen molar-refractivity contribution in [2.75, 3.05) is 28.8 Å². The highest BCUT2D eigenvalue weighted by molar-refractivity contribution is 7.91. The largest absolute Gasteiger partial charge is 0.355 e. The lowest BCUT2D eigenvalue weighted by Crippen LogP contribution is -2.33. The smallest absolute Gasteiger partial charge is 0.152 e. The van der Waals surface area contributed by atoms with Crippen molar-refractivity contribution < 1.29 is 8.42 Å². The van der Waals surface area contributed by atoms with Crippen LogP contribution in [0.1, 0.15) is 12.0 Å². The first-order chi connectivity index (χ1) is 11.5. The van der Waals surface area contributed by atoms with Crippen LogP contribution in [0.4, 0.5) is 17.3 Å². The molecule has 1 N–H and O–H groups in total. The summed E-state index contributed by atoms with van der Waals surface area (Å²) >= 11 is 0. The second-order valence-corrected chi connectivity index (χ2v) is 7.98. The summed E-state index contributed by atoms with van der Waals surface area (Å²) in [4.78, 5) is 10.3. The number of hydrogen-bond acceptors (Lipinski definition) is 7. The van der Waals surface area contributed by atoms with Crippen molar-refractivity contribution in [1.29, 1.82) is 5.26 Å². The number of sulfone groups is 1. The standard InChI is InChI=1S/C16H17N5O2S/c1-21(14-5-6-24(22,23)10-14)16-8-15(18-11-19-16)20-13-4-2-3-12(7-13)9-17/h2-4,7-8,11,14H,5-6,10H2,1H3,(H,18,19,20). The molecule has 1 fully saturated rings. The average Bonchev–Trinajstić information content (AvgIpc) is 2.94. The molecule has 1 atom stereocenters. The van der Waals surface area contributed by atoms with Crippen LogP contribution >= 0.6 is 0 Å². The Kier molecular flexibility index (Phi) is 4.36. The van der Waals surface area contributed by atoms with Gasteiger partial charge in [0.25, 0.3) is 0 Å². The Bertz CT molecular complexity index is 891. The van der Waals surface area contributed by atoms with Crippen molar-refractivity contribution in [3.8, 4) is 6.07 Å². The molecule has 0 bridgehead atoms. The summed E-state index contributed by atoms with van der Waals surface area (Å²) in [7, 11) is -1.10. The Hall–Kier alpha value is -2.66. The minimum absolute atomic E-state index is 0.0698. The van der Waals surface area contributed by atoms with E-state index < -0.39 is 9.84 Å². The number of nitriles is 1. The topological polar surface area (TPSA) is 99.0 Å². The van der Waals surface area contributed by atoms with Gasteiger partial charge in [-0.05, 0) is 24.6 Å². The zero-order valence-electron chi connectivity index (χ0n) is 13.2. The molecule has 1 aliphatic heterocycles. The van der Waals surface area contributed by atoms with Crippen LogP contribution in [0.15, 0.2) is 36.7 Å².